The van der Waals surface area contributed by atoms with Crippen LogP contribution in [-0.2, 0) is 9.47 Å². The lowest BCUT2D eigenvalue weighted by molar-refractivity contribution is 0.0582. The number of furan rings is 1. The fourth-order valence-corrected chi connectivity index (χ4v) is 6.50. The zero-order valence-electron chi connectivity index (χ0n) is 23.7. The van der Waals surface area contributed by atoms with E-state index in [1.807, 2.05) is 30.2 Å². The first-order valence-corrected chi connectivity index (χ1v) is 14.5. The van der Waals surface area contributed by atoms with E-state index >= 15 is 0 Å². The first-order chi connectivity index (χ1) is 18.5. The summed E-state index contributed by atoms with van der Waals surface area (Å²) >= 11 is 0. The van der Waals surface area contributed by atoms with Gasteiger partial charge in [-0.05, 0) is 87.6 Å². The lowest BCUT2D eigenvalue weighted by Gasteiger charge is -2.42. The number of aromatic nitrogens is 1. The Bertz CT molecular complexity index is 942. The zero-order chi connectivity index (χ0) is 26.8. The highest BCUT2D eigenvalue weighted by atomic mass is 16.5. The van der Waals surface area contributed by atoms with Gasteiger partial charge in [-0.2, -0.15) is 0 Å². The van der Waals surface area contributed by atoms with Gasteiger partial charge in [0.05, 0.1) is 19.5 Å². The molecule has 0 radical (unpaired) electrons. The number of amides is 1. The van der Waals surface area contributed by atoms with Crippen LogP contribution >= 0.6 is 0 Å². The average Bonchev–Trinajstić information content (AvgIpc) is 3.49. The van der Waals surface area contributed by atoms with E-state index in [9.17, 15) is 4.79 Å². The van der Waals surface area contributed by atoms with Crippen molar-refractivity contribution in [3.8, 4) is 0 Å². The number of ether oxygens (including phenoxy) is 2. The molecule has 2 aromatic rings. The summed E-state index contributed by atoms with van der Waals surface area (Å²) in [4.78, 5) is 22.5. The van der Waals surface area contributed by atoms with E-state index in [4.69, 9.17) is 13.9 Å². The first-order valence-electron chi connectivity index (χ1n) is 14.5. The fraction of sp³-hybridized carbons (Fsp3) is 0.677. The number of carbonyl (C=O) groups is 1. The Morgan fingerprint density at radius 3 is 2.45 bits per heavy atom. The normalized spacial score (nSPS) is 18.6. The molecule has 0 bridgehead atoms. The predicted molar refractivity (Wildman–Crippen MR) is 151 cm³/mol. The molecule has 7 heteroatoms. The predicted octanol–water partition coefficient (Wildman–Crippen LogP) is 6.12. The molecule has 1 saturated heterocycles. The Balaban J connectivity index is 1.35. The van der Waals surface area contributed by atoms with Crippen molar-refractivity contribution in [3.63, 3.8) is 0 Å². The molecule has 38 heavy (non-hydrogen) atoms. The molecule has 2 aromatic heterocycles. The van der Waals surface area contributed by atoms with Crippen LogP contribution < -0.4 is 4.90 Å². The van der Waals surface area contributed by atoms with Crippen molar-refractivity contribution in [2.45, 2.75) is 77.2 Å². The fourth-order valence-electron chi connectivity index (χ4n) is 6.50. The van der Waals surface area contributed by atoms with Crippen LogP contribution in [-0.4, -0.2) is 68.9 Å². The number of nitrogens with zero attached hydrogens (tertiary/aromatic N) is 3. The molecule has 0 aromatic carbocycles. The van der Waals surface area contributed by atoms with E-state index in [1.165, 1.54) is 51.4 Å². The molecule has 0 unspecified atom stereocenters. The van der Waals surface area contributed by atoms with Gasteiger partial charge in [0, 0.05) is 45.5 Å². The van der Waals surface area contributed by atoms with Gasteiger partial charge in [-0.25, -0.2) is 4.98 Å². The summed E-state index contributed by atoms with van der Waals surface area (Å²) in [5, 5.41) is 0. The number of hydrogen-bond donors (Lipinski definition) is 0. The van der Waals surface area contributed by atoms with Crippen LogP contribution in [0.3, 0.4) is 0 Å². The highest BCUT2D eigenvalue weighted by Crippen LogP contribution is 2.44. The molecule has 2 fully saturated rings. The van der Waals surface area contributed by atoms with E-state index in [0.717, 1.165) is 51.3 Å². The van der Waals surface area contributed by atoms with Crippen molar-refractivity contribution in [3.05, 3.63) is 48.0 Å². The summed E-state index contributed by atoms with van der Waals surface area (Å²) in [5.41, 5.74) is 1.53. The lowest BCUT2D eigenvalue weighted by atomic mass is 9.68. The highest BCUT2D eigenvalue weighted by molar-refractivity contribution is 6.04. The van der Waals surface area contributed by atoms with Gasteiger partial charge in [0.2, 0.25) is 0 Å². The molecule has 3 heterocycles. The molecule has 0 N–H and O–H groups in total. The molecule has 1 aliphatic carbocycles. The third-order valence-corrected chi connectivity index (χ3v) is 8.78. The summed E-state index contributed by atoms with van der Waals surface area (Å²) in [6.45, 7) is 6.72. The summed E-state index contributed by atoms with van der Waals surface area (Å²) in [7, 11) is 3.59. The number of methoxy groups -OCH3 is 2. The topological polar surface area (TPSA) is 68.0 Å². The van der Waals surface area contributed by atoms with Gasteiger partial charge in [0.15, 0.2) is 5.76 Å². The van der Waals surface area contributed by atoms with Crippen molar-refractivity contribution in [2.75, 3.05) is 52.0 Å². The van der Waals surface area contributed by atoms with Crippen molar-refractivity contribution in [1.29, 1.82) is 0 Å². The summed E-state index contributed by atoms with van der Waals surface area (Å²) in [6, 6.07) is 7.60. The molecule has 0 atom stereocenters. The Morgan fingerprint density at radius 2 is 1.84 bits per heavy atom. The highest BCUT2D eigenvalue weighted by Gasteiger charge is 2.35. The van der Waals surface area contributed by atoms with Gasteiger partial charge in [0.25, 0.3) is 5.91 Å². The maximum atomic E-state index is 13.4. The monoisotopic (exact) mass is 525 g/mol. The molecular weight excluding hydrogens is 478 g/mol. The molecule has 1 amide bonds. The maximum Gasteiger partial charge on any atom is 0.295 e. The van der Waals surface area contributed by atoms with Crippen molar-refractivity contribution in [2.24, 2.45) is 11.3 Å². The van der Waals surface area contributed by atoms with Crippen LogP contribution in [0.2, 0.25) is 0 Å². The Labute approximate surface area is 228 Å². The SMILES string of the molecule is COCC(CCC1(CCN2CCC(N(C(=O)c3ccco3)c3ccc(C)cn3)CC2)CCCCC1)COC. The minimum Gasteiger partial charge on any atom is -0.459 e. The van der Waals surface area contributed by atoms with E-state index in [0.29, 0.717) is 22.9 Å². The van der Waals surface area contributed by atoms with Crippen molar-refractivity contribution < 1.29 is 18.7 Å². The Kier molecular flexibility index (Phi) is 10.8. The van der Waals surface area contributed by atoms with E-state index in [-0.39, 0.29) is 11.9 Å². The Morgan fingerprint density at radius 1 is 1.11 bits per heavy atom. The number of rotatable bonds is 13. The zero-order valence-corrected chi connectivity index (χ0v) is 23.7. The number of likely N-dealkylation sites (tertiary alicyclic amines) is 1. The number of carbonyl (C=O) groups excluding carboxylic acids is 1. The molecule has 2 aliphatic rings. The van der Waals surface area contributed by atoms with Crippen LogP contribution in [0.4, 0.5) is 5.82 Å². The minimum absolute atomic E-state index is 0.104. The largest absolute Gasteiger partial charge is 0.459 e. The second-order valence-electron chi connectivity index (χ2n) is 11.5. The van der Waals surface area contributed by atoms with Crippen molar-refractivity contribution >= 4 is 11.7 Å². The summed E-state index contributed by atoms with van der Waals surface area (Å²) in [6.07, 6.45) is 15.8. The molecular formula is C31H47N3O4. The smallest absolute Gasteiger partial charge is 0.295 e. The van der Waals surface area contributed by atoms with Gasteiger partial charge in [-0.3, -0.25) is 9.69 Å². The van der Waals surface area contributed by atoms with Gasteiger partial charge >= 0.3 is 0 Å². The van der Waals surface area contributed by atoms with Crippen LogP contribution in [0.15, 0.2) is 41.1 Å². The molecule has 0 spiro atoms. The summed E-state index contributed by atoms with van der Waals surface area (Å²) < 4.78 is 16.4. The van der Waals surface area contributed by atoms with Gasteiger partial charge in [0.1, 0.15) is 5.82 Å². The number of aryl methyl sites for hydroxylation is 1. The minimum atomic E-state index is -0.104. The Hall–Kier alpha value is -2.22. The van der Waals surface area contributed by atoms with Crippen LogP contribution in [0, 0.1) is 18.3 Å². The van der Waals surface area contributed by atoms with Gasteiger partial charge in [-0.1, -0.05) is 25.3 Å². The summed E-state index contributed by atoms with van der Waals surface area (Å²) in [5.74, 6) is 1.45. The second-order valence-corrected chi connectivity index (χ2v) is 11.5. The average molecular weight is 526 g/mol. The number of anilines is 1. The van der Waals surface area contributed by atoms with Crippen molar-refractivity contribution in [1.82, 2.24) is 9.88 Å². The number of piperidine rings is 1. The van der Waals surface area contributed by atoms with Crippen LogP contribution in [0.1, 0.15) is 80.3 Å². The molecule has 1 saturated carbocycles. The van der Waals surface area contributed by atoms with Gasteiger partial charge in [-0.15, -0.1) is 0 Å². The van der Waals surface area contributed by atoms with Crippen LogP contribution in [0.5, 0.6) is 0 Å². The van der Waals surface area contributed by atoms with E-state index < -0.39 is 0 Å². The number of pyridine rings is 1. The van der Waals surface area contributed by atoms with Crippen LogP contribution in [0.25, 0.3) is 0 Å². The molecule has 4 rings (SSSR count). The van der Waals surface area contributed by atoms with Gasteiger partial charge < -0.3 is 18.8 Å². The first kappa shape index (κ1) is 28.8. The standard InChI is InChI=1S/C31H47N3O4/c1-25-9-10-29(32-22-25)34(30(35)28-8-7-21-38-28)27-12-18-33(19-13-27)20-17-31(14-5-4-6-15-31)16-11-26(23-36-2)24-37-3/h7-10,21-22,26-27H,4-6,11-20,23-24H2,1-3H3. The molecule has 1 aliphatic heterocycles. The van der Waals surface area contributed by atoms with E-state index in [1.54, 1.807) is 32.6 Å². The quantitative estimate of drug-likeness (QED) is 0.314. The second kappa shape index (κ2) is 14.2. The molecule has 7 nitrogen and oxygen atoms in total. The lowest BCUT2D eigenvalue weighted by Crippen LogP contribution is -2.48. The molecule has 210 valence electrons. The third-order valence-electron chi connectivity index (χ3n) is 8.78. The maximum absolute atomic E-state index is 13.4. The number of hydrogen-bond acceptors (Lipinski definition) is 6. The third kappa shape index (κ3) is 7.67. The van der Waals surface area contributed by atoms with E-state index in [2.05, 4.69) is 9.88 Å².